The fourth-order valence-corrected chi connectivity index (χ4v) is 4.00. The van der Waals surface area contributed by atoms with Crippen molar-refractivity contribution in [3.05, 3.63) is 29.8 Å². The minimum atomic E-state index is -3.70. The fraction of sp³-hybridized carbons (Fsp3) is 0.538. The molecule has 0 unspecified atom stereocenters. The zero-order valence-electron chi connectivity index (χ0n) is 10.1. The van der Waals surface area contributed by atoms with Crippen LogP contribution in [0.15, 0.2) is 29.2 Å². The third-order valence-electron chi connectivity index (χ3n) is 3.91. The van der Waals surface area contributed by atoms with E-state index >= 15 is 0 Å². The van der Waals surface area contributed by atoms with Gasteiger partial charge in [0.15, 0.2) is 0 Å². The Morgan fingerprint density at radius 3 is 2.28 bits per heavy atom. The van der Waals surface area contributed by atoms with Crippen LogP contribution in [0.5, 0.6) is 0 Å². The summed E-state index contributed by atoms with van der Waals surface area (Å²) >= 11 is 0. The molecule has 0 amide bonds. The van der Waals surface area contributed by atoms with Gasteiger partial charge in [-0.15, -0.1) is 0 Å². The zero-order chi connectivity index (χ0) is 13.0. The predicted octanol–water partition coefficient (Wildman–Crippen LogP) is 2.59. The molecule has 0 aromatic heterocycles. The number of rotatable bonds is 4. The quantitative estimate of drug-likeness (QED) is 0.790. The van der Waals surface area contributed by atoms with Gasteiger partial charge in [-0.1, -0.05) is 17.7 Å². The lowest BCUT2D eigenvalue weighted by Gasteiger charge is -2.65. The first kappa shape index (κ1) is 12.1. The van der Waals surface area contributed by atoms with Crippen molar-refractivity contribution in [2.45, 2.75) is 36.8 Å². The van der Waals surface area contributed by atoms with E-state index in [2.05, 4.69) is 0 Å². The van der Waals surface area contributed by atoms with Gasteiger partial charge in [-0.05, 0) is 38.3 Å². The molecule has 3 aliphatic rings. The van der Waals surface area contributed by atoms with Crippen molar-refractivity contribution in [3.8, 4) is 0 Å². The van der Waals surface area contributed by atoms with Gasteiger partial charge in [0.05, 0.1) is 11.5 Å². The first-order chi connectivity index (χ1) is 8.33. The maximum Gasteiger partial charge on any atom is 0.296 e. The van der Waals surface area contributed by atoms with Crippen molar-refractivity contribution in [3.63, 3.8) is 0 Å². The number of halogens is 1. The molecule has 5 heteroatoms. The van der Waals surface area contributed by atoms with E-state index in [9.17, 15) is 12.8 Å². The summed E-state index contributed by atoms with van der Waals surface area (Å²) in [5.74, 6) is 0. The predicted molar refractivity (Wildman–Crippen MR) is 64.4 cm³/mol. The molecule has 0 saturated heterocycles. The first-order valence-corrected chi connectivity index (χ1v) is 7.39. The minimum absolute atomic E-state index is 0.106. The highest BCUT2D eigenvalue weighted by molar-refractivity contribution is 7.86. The molecule has 0 radical (unpaired) electrons. The molecule has 4 rings (SSSR count). The van der Waals surface area contributed by atoms with Gasteiger partial charge < -0.3 is 0 Å². The van der Waals surface area contributed by atoms with Crippen LogP contribution >= 0.6 is 0 Å². The average molecular weight is 270 g/mol. The van der Waals surface area contributed by atoms with Crippen LogP contribution in [0, 0.1) is 12.3 Å². The van der Waals surface area contributed by atoms with Gasteiger partial charge in [-0.25, -0.2) is 4.39 Å². The Labute approximate surface area is 106 Å². The molecule has 0 N–H and O–H groups in total. The van der Waals surface area contributed by atoms with Gasteiger partial charge in [0.2, 0.25) is 0 Å². The third-order valence-corrected chi connectivity index (χ3v) is 5.18. The Bertz CT molecular complexity index is 557. The number of aryl methyl sites for hydroxylation is 1. The average Bonchev–Trinajstić information content (AvgIpc) is 2.22. The summed E-state index contributed by atoms with van der Waals surface area (Å²) in [6.45, 7) is 1.99. The number of hydrogen-bond donors (Lipinski definition) is 0. The molecule has 3 nitrogen and oxygen atoms in total. The van der Waals surface area contributed by atoms with E-state index < -0.39 is 15.8 Å². The van der Waals surface area contributed by atoms with Crippen LogP contribution in [0.4, 0.5) is 4.39 Å². The summed E-state index contributed by atoms with van der Waals surface area (Å²) < 4.78 is 42.2. The molecule has 0 spiro atoms. The lowest BCUT2D eigenvalue weighted by molar-refractivity contribution is -0.225. The molecular weight excluding hydrogens is 255 g/mol. The zero-order valence-corrected chi connectivity index (χ0v) is 11.0. The molecule has 1 aromatic carbocycles. The van der Waals surface area contributed by atoms with Gasteiger partial charge in [0.25, 0.3) is 10.1 Å². The molecule has 0 aliphatic heterocycles. The van der Waals surface area contributed by atoms with E-state index in [0.29, 0.717) is 19.3 Å². The van der Waals surface area contributed by atoms with Crippen molar-refractivity contribution in [1.82, 2.24) is 0 Å². The second-order valence-corrected chi connectivity index (χ2v) is 7.33. The summed E-state index contributed by atoms with van der Waals surface area (Å²) in [6.07, 6.45) is 1.34. The van der Waals surface area contributed by atoms with Crippen LogP contribution < -0.4 is 0 Å². The number of alkyl halides is 1. The van der Waals surface area contributed by atoms with Crippen molar-refractivity contribution < 1.29 is 17.0 Å². The third kappa shape index (κ3) is 1.86. The van der Waals surface area contributed by atoms with E-state index in [-0.39, 0.29) is 16.9 Å². The highest BCUT2D eigenvalue weighted by Crippen LogP contribution is 2.69. The Balaban J connectivity index is 1.66. The minimum Gasteiger partial charge on any atom is -0.266 e. The van der Waals surface area contributed by atoms with Crippen LogP contribution in [0.25, 0.3) is 0 Å². The SMILES string of the molecule is Cc1ccc(S(=O)(=O)OCC23CC(F)(C2)C3)cc1. The maximum absolute atomic E-state index is 13.3. The van der Waals surface area contributed by atoms with Gasteiger partial charge in [-0.3, -0.25) is 4.18 Å². The molecular formula is C13H15FO3S. The van der Waals surface area contributed by atoms with Crippen molar-refractivity contribution in [2.75, 3.05) is 6.61 Å². The normalized spacial score (nSPS) is 33.7. The molecule has 2 bridgehead atoms. The van der Waals surface area contributed by atoms with Gasteiger partial charge in [-0.2, -0.15) is 8.42 Å². The molecule has 18 heavy (non-hydrogen) atoms. The summed E-state index contributed by atoms with van der Waals surface area (Å²) in [7, 11) is -3.70. The molecule has 1 aromatic rings. The standard InChI is InChI=1S/C13H15FO3S/c1-10-2-4-11(5-3-10)18(15,16)17-9-12-6-13(14,7-12)8-12/h2-5H,6-9H2,1H3. The lowest BCUT2D eigenvalue weighted by Crippen LogP contribution is -2.66. The molecule has 0 heterocycles. The van der Waals surface area contributed by atoms with Crippen molar-refractivity contribution in [2.24, 2.45) is 5.41 Å². The van der Waals surface area contributed by atoms with Crippen LogP contribution in [0.1, 0.15) is 24.8 Å². The van der Waals surface area contributed by atoms with E-state index in [0.717, 1.165) is 5.56 Å². The number of hydrogen-bond acceptors (Lipinski definition) is 3. The van der Waals surface area contributed by atoms with Gasteiger partial charge in [0.1, 0.15) is 5.67 Å². The molecule has 3 fully saturated rings. The molecule has 0 atom stereocenters. The Morgan fingerprint density at radius 2 is 1.78 bits per heavy atom. The van der Waals surface area contributed by atoms with Crippen LogP contribution in [-0.2, 0) is 14.3 Å². The van der Waals surface area contributed by atoms with E-state index in [1.54, 1.807) is 12.1 Å². The van der Waals surface area contributed by atoms with Crippen molar-refractivity contribution in [1.29, 1.82) is 0 Å². The van der Waals surface area contributed by atoms with E-state index in [1.807, 2.05) is 6.92 Å². The topological polar surface area (TPSA) is 43.4 Å². The monoisotopic (exact) mass is 270 g/mol. The number of benzene rings is 1. The van der Waals surface area contributed by atoms with Gasteiger partial charge in [0, 0.05) is 5.41 Å². The fourth-order valence-electron chi connectivity index (χ4n) is 2.99. The summed E-state index contributed by atoms with van der Waals surface area (Å²) in [4.78, 5) is 0.162. The Hall–Kier alpha value is -0.940. The summed E-state index contributed by atoms with van der Waals surface area (Å²) in [6, 6.07) is 6.52. The first-order valence-electron chi connectivity index (χ1n) is 5.98. The molecule has 98 valence electrons. The second kappa shape index (κ2) is 3.54. The molecule has 3 saturated carbocycles. The summed E-state index contributed by atoms with van der Waals surface area (Å²) in [5.41, 5.74) is -0.239. The highest BCUT2D eigenvalue weighted by Gasteiger charge is 2.69. The van der Waals surface area contributed by atoms with Crippen molar-refractivity contribution >= 4 is 10.1 Å². The van der Waals surface area contributed by atoms with Crippen LogP contribution in [-0.4, -0.2) is 20.7 Å². The van der Waals surface area contributed by atoms with Gasteiger partial charge >= 0.3 is 0 Å². The van der Waals surface area contributed by atoms with Crippen LogP contribution in [0.3, 0.4) is 0 Å². The Morgan fingerprint density at radius 1 is 1.22 bits per heavy atom. The molecule has 3 aliphatic carbocycles. The second-order valence-electron chi connectivity index (χ2n) is 5.71. The smallest absolute Gasteiger partial charge is 0.266 e. The lowest BCUT2D eigenvalue weighted by atomic mass is 9.43. The maximum atomic E-state index is 13.3. The summed E-state index contributed by atoms with van der Waals surface area (Å²) in [5, 5.41) is 0. The highest BCUT2D eigenvalue weighted by atomic mass is 32.2. The van der Waals surface area contributed by atoms with Crippen LogP contribution in [0.2, 0.25) is 0 Å². The van der Waals surface area contributed by atoms with E-state index in [1.165, 1.54) is 12.1 Å². The largest absolute Gasteiger partial charge is 0.296 e. The van der Waals surface area contributed by atoms with E-state index in [4.69, 9.17) is 4.18 Å². The Kier molecular flexibility index (Phi) is 2.38.